The van der Waals surface area contributed by atoms with Crippen LogP contribution in [0.2, 0.25) is 0 Å². The molecule has 0 aliphatic rings. The SMILES string of the molecule is CNCCNCC(=O)[O-].[Na+]. The average molecular weight is 154 g/mol. The third-order valence-corrected chi connectivity index (χ3v) is 0.821. The fourth-order valence-electron chi connectivity index (χ4n) is 0.404. The predicted molar refractivity (Wildman–Crippen MR) is 31.8 cm³/mol. The molecule has 0 amide bonds. The number of nitrogens with one attached hydrogen (secondary N) is 2. The Bertz CT molecular complexity index is 89.7. The fraction of sp³-hybridized carbons (Fsp3) is 0.800. The summed E-state index contributed by atoms with van der Waals surface area (Å²) in [5.74, 6) is -1.06. The van der Waals surface area contributed by atoms with Gasteiger partial charge in [0.05, 0.1) is 5.97 Å². The minimum absolute atomic E-state index is 0. The smallest absolute Gasteiger partial charge is 0.549 e. The summed E-state index contributed by atoms with van der Waals surface area (Å²) in [6.07, 6.45) is 0. The van der Waals surface area contributed by atoms with Gasteiger partial charge in [0, 0.05) is 19.6 Å². The maximum atomic E-state index is 9.77. The van der Waals surface area contributed by atoms with Gasteiger partial charge in [0.2, 0.25) is 0 Å². The van der Waals surface area contributed by atoms with Gasteiger partial charge in [-0.2, -0.15) is 0 Å². The molecule has 0 aromatic heterocycles. The Morgan fingerprint density at radius 1 is 1.50 bits per heavy atom. The van der Waals surface area contributed by atoms with Gasteiger partial charge in [-0.3, -0.25) is 0 Å². The van der Waals surface area contributed by atoms with Crippen molar-refractivity contribution in [3.8, 4) is 0 Å². The van der Waals surface area contributed by atoms with Gasteiger partial charge in [-0.15, -0.1) is 0 Å². The van der Waals surface area contributed by atoms with Crippen LogP contribution < -0.4 is 45.3 Å². The molecule has 0 rings (SSSR count). The summed E-state index contributed by atoms with van der Waals surface area (Å²) < 4.78 is 0. The maximum Gasteiger partial charge on any atom is 1.00 e. The summed E-state index contributed by atoms with van der Waals surface area (Å²) in [6.45, 7) is 1.36. The van der Waals surface area contributed by atoms with Gasteiger partial charge in [0.1, 0.15) is 0 Å². The van der Waals surface area contributed by atoms with Crippen molar-refractivity contribution in [2.45, 2.75) is 0 Å². The van der Waals surface area contributed by atoms with Crippen LogP contribution in [0.25, 0.3) is 0 Å². The zero-order valence-corrected chi connectivity index (χ0v) is 8.44. The van der Waals surface area contributed by atoms with E-state index in [9.17, 15) is 9.90 Å². The van der Waals surface area contributed by atoms with Crippen molar-refractivity contribution in [3.05, 3.63) is 0 Å². The quantitative estimate of drug-likeness (QED) is 0.306. The molecule has 0 saturated carbocycles. The second-order valence-corrected chi connectivity index (χ2v) is 1.65. The predicted octanol–water partition coefficient (Wildman–Crippen LogP) is -5.45. The second-order valence-electron chi connectivity index (χ2n) is 1.65. The Balaban J connectivity index is 0. The Morgan fingerprint density at radius 3 is 2.50 bits per heavy atom. The summed E-state index contributed by atoms with van der Waals surface area (Å²) in [7, 11) is 1.81. The normalized spacial score (nSPS) is 8.50. The third kappa shape index (κ3) is 11.2. The van der Waals surface area contributed by atoms with E-state index in [2.05, 4.69) is 10.6 Å². The van der Waals surface area contributed by atoms with Crippen LogP contribution in [0.4, 0.5) is 0 Å². The number of likely N-dealkylation sites (N-methyl/N-ethyl adjacent to an activating group) is 1. The Hall–Kier alpha value is 0.390. The van der Waals surface area contributed by atoms with Crippen LogP contribution in [-0.4, -0.2) is 32.7 Å². The molecule has 0 aliphatic heterocycles. The Morgan fingerprint density at radius 2 is 2.10 bits per heavy atom. The van der Waals surface area contributed by atoms with Crippen molar-refractivity contribution in [1.29, 1.82) is 0 Å². The standard InChI is InChI=1S/C5H12N2O2.Na/c1-6-2-3-7-4-5(8)9;/h6-7H,2-4H2,1H3,(H,8,9);/q;+1/p-1. The van der Waals surface area contributed by atoms with E-state index in [1.165, 1.54) is 0 Å². The van der Waals surface area contributed by atoms with E-state index in [0.29, 0.717) is 6.54 Å². The number of carboxylic acids is 1. The second kappa shape index (κ2) is 9.39. The van der Waals surface area contributed by atoms with E-state index < -0.39 is 5.97 Å². The Kier molecular flexibility index (Phi) is 12.2. The number of carbonyl (C=O) groups excluding carboxylic acids is 1. The first-order valence-corrected chi connectivity index (χ1v) is 2.82. The third-order valence-electron chi connectivity index (χ3n) is 0.821. The van der Waals surface area contributed by atoms with E-state index in [-0.39, 0.29) is 36.1 Å². The van der Waals surface area contributed by atoms with Crippen LogP contribution in [-0.2, 0) is 4.79 Å². The van der Waals surface area contributed by atoms with Gasteiger partial charge in [-0.1, -0.05) is 0 Å². The van der Waals surface area contributed by atoms with E-state index in [4.69, 9.17) is 0 Å². The first-order chi connectivity index (χ1) is 4.27. The largest absolute Gasteiger partial charge is 1.00 e. The molecule has 0 atom stereocenters. The van der Waals surface area contributed by atoms with Crippen LogP contribution in [0.1, 0.15) is 0 Å². The Labute approximate surface area is 82.7 Å². The van der Waals surface area contributed by atoms with Gasteiger partial charge in [-0.25, -0.2) is 0 Å². The molecule has 0 aromatic rings. The molecule has 4 nitrogen and oxygen atoms in total. The van der Waals surface area contributed by atoms with E-state index in [1.807, 2.05) is 0 Å². The number of aliphatic carboxylic acids is 1. The molecule has 0 bridgehead atoms. The zero-order valence-electron chi connectivity index (χ0n) is 6.44. The van der Waals surface area contributed by atoms with E-state index in [0.717, 1.165) is 6.54 Å². The molecule has 0 radical (unpaired) electrons. The molecule has 0 heterocycles. The summed E-state index contributed by atoms with van der Waals surface area (Å²) in [6, 6.07) is 0. The van der Waals surface area contributed by atoms with E-state index in [1.54, 1.807) is 7.05 Å². The van der Waals surface area contributed by atoms with Crippen LogP contribution in [0.15, 0.2) is 0 Å². The van der Waals surface area contributed by atoms with Gasteiger partial charge in [0.25, 0.3) is 0 Å². The number of rotatable bonds is 5. The van der Waals surface area contributed by atoms with Crippen LogP contribution >= 0.6 is 0 Å². The summed E-state index contributed by atoms with van der Waals surface area (Å²) in [4.78, 5) is 9.77. The van der Waals surface area contributed by atoms with Crippen LogP contribution in [0, 0.1) is 0 Å². The van der Waals surface area contributed by atoms with Gasteiger partial charge in [-0.05, 0) is 7.05 Å². The van der Waals surface area contributed by atoms with Gasteiger partial charge >= 0.3 is 29.6 Å². The number of hydrogen-bond donors (Lipinski definition) is 2. The van der Waals surface area contributed by atoms with E-state index >= 15 is 0 Å². The summed E-state index contributed by atoms with van der Waals surface area (Å²) >= 11 is 0. The molecular formula is C5H11N2NaO2. The van der Waals surface area contributed by atoms with Crippen molar-refractivity contribution in [2.24, 2.45) is 0 Å². The summed E-state index contributed by atoms with van der Waals surface area (Å²) in [5, 5.41) is 15.3. The van der Waals surface area contributed by atoms with Crippen molar-refractivity contribution < 1.29 is 39.5 Å². The minimum atomic E-state index is -1.06. The number of carboxylic acid groups (broad SMARTS) is 1. The molecule has 0 saturated heterocycles. The number of hydrogen-bond acceptors (Lipinski definition) is 4. The topological polar surface area (TPSA) is 64.2 Å². The van der Waals surface area contributed by atoms with Crippen LogP contribution in [0.3, 0.4) is 0 Å². The van der Waals surface area contributed by atoms with Gasteiger partial charge in [0.15, 0.2) is 0 Å². The summed E-state index contributed by atoms with van der Waals surface area (Å²) in [5.41, 5.74) is 0. The van der Waals surface area contributed by atoms with Crippen molar-refractivity contribution in [2.75, 3.05) is 26.7 Å². The average Bonchev–Trinajstić information content (AvgIpc) is 1.80. The number of carbonyl (C=O) groups is 1. The van der Waals surface area contributed by atoms with Gasteiger partial charge < -0.3 is 20.5 Å². The van der Waals surface area contributed by atoms with Crippen LogP contribution in [0.5, 0.6) is 0 Å². The zero-order chi connectivity index (χ0) is 7.11. The molecule has 0 fully saturated rings. The first-order valence-electron chi connectivity index (χ1n) is 2.82. The van der Waals surface area contributed by atoms with Crippen molar-refractivity contribution in [1.82, 2.24) is 10.6 Å². The molecular weight excluding hydrogens is 143 g/mol. The molecule has 54 valence electrons. The molecule has 2 N–H and O–H groups in total. The molecule has 10 heavy (non-hydrogen) atoms. The van der Waals surface area contributed by atoms with Crippen molar-refractivity contribution >= 4 is 5.97 Å². The molecule has 0 spiro atoms. The minimum Gasteiger partial charge on any atom is -0.549 e. The molecule has 5 heteroatoms. The maximum absolute atomic E-state index is 9.77. The fourth-order valence-corrected chi connectivity index (χ4v) is 0.404. The molecule has 0 aliphatic carbocycles. The van der Waals surface area contributed by atoms with Crippen molar-refractivity contribution in [3.63, 3.8) is 0 Å². The monoisotopic (exact) mass is 154 g/mol. The molecule has 0 unspecified atom stereocenters. The molecule has 0 aromatic carbocycles. The first kappa shape index (κ1) is 13.0.